The van der Waals surface area contributed by atoms with Gasteiger partial charge in [-0.15, -0.1) is 11.6 Å². The highest BCUT2D eigenvalue weighted by molar-refractivity contribution is 7.55. The van der Waals surface area contributed by atoms with E-state index in [4.69, 9.17) is 25.4 Å². The maximum absolute atomic E-state index is 12.0. The lowest BCUT2D eigenvalue weighted by molar-refractivity contribution is -0.0350. The number of hydrogen-bond donors (Lipinski definition) is 0. The minimum Gasteiger partial charge on any atom is -0.361 e. The van der Waals surface area contributed by atoms with Gasteiger partial charge in [0.1, 0.15) is 0 Å². The van der Waals surface area contributed by atoms with Gasteiger partial charge in [0, 0.05) is 5.88 Å². The first-order valence-electron chi connectivity index (χ1n) is 4.11. The highest BCUT2D eigenvalue weighted by Crippen LogP contribution is 2.61. The zero-order valence-corrected chi connectivity index (χ0v) is 9.44. The van der Waals surface area contributed by atoms with Gasteiger partial charge < -0.3 is 13.8 Å². The predicted molar refractivity (Wildman–Crippen MR) is 50.3 cm³/mol. The molecular weight excluding hydrogens is 214 g/mol. The fourth-order valence-electron chi connectivity index (χ4n) is 1.03. The second-order valence-corrected chi connectivity index (χ2v) is 6.11. The number of halogens is 1. The molecule has 0 bridgehead atoms. The zero-order valence-electron chi connectivity index (χ0n) is 7.79. The third-order valence-corrected chi connectivity index (χ3v) is 4.45. The van der Waals surface area contributed by atoms with Crippen molar-refractivity contribution >= 4 is 19.2 Å². The van der Waals surface area contributed by atoms with Crippen molar-refractivity contribution in [2.75, 3.05) is 25.7 Å². The summed E-state index contributed by atoms with van der Waals surface area (Å²) >= 11 is 5.43. The molecule has 0 aromatic carbocycles. The van der Waals surface area contributed by atoms with Gasteiger partial charge in [-0.05, 0) is 13.8 Å². The fourth-order valence-corrected chi connectivity index (χ4v) is 2.81. The molecule has 0 spiro atoms. The summed E-state index contributed by atoms with van der Waals surface area (Å²) < 4.78 is 27.6. The zero-order chi connectivity index (χ0) is 9.95. The van der Waals surface area contributed by atoms with Gasteiger partial charge in [-0.3, -0.25) is 4.57 Å². The molecule has 78 valence electrons. The van der Waals surface area contributed by atoms with E-state index in [1.54, 1.807) is 13.8 Å². The summed E-state index contributed by atoms with van der Waals surface area (Å²) in [6.45, 7) is 4.36. The lowest BCUT2D eigenvalue weighted by atomic mass is 10.4. The van der Waals surface area contributed by atoms with Crippen LogP contribution in [-0.2, 0) is 18.3 Å². The maximum atomic E-state index is 12.0. The van der Waals surface area contributed by atoms with Gasteiger partial charge in [0.25, 0.3) is 0 Å². The van der Waals surface area contributed by atoms with Crippen LogP contribution in [0.1, 0.15) is 13.8 Å². The summed E-state index contributed by atoms with van der Waals surface area (Å²) in [4.78, 5) is 0. The van der Waals surface area contributed by atoms with Gasteiger partial charge in [-0.25, -0.2) is 0 Å². The first-order chi connectivity index (χ1) is 6.02. The Morgan fingerprint density at radius 2 is 2.23 bits per heavy atom. The molecule has 13 heavy (non-hydrogen) atoms. The molecule has 1 aliphatic rings. The number of ether oxygens (including phenoxy) is 1. The molecule has 0 radical (unpaired) electrons. The van der Waals surface area contributed by atoms with E-state index in [9.17, 15) is 4.57 Å². The number of alkyl halides is 1. The molecule has 4 nitrogen and oxygen atoms in total. The average molecular weight is 229 g/mol. The Hall–Kier alpha value is 0.400. The molecule has 0 aromatic heterocycles. The molecule has 0 saturated carbocycles. The minimum absolute atomic E-state index is 0.214. The number of rotatable bonds is 3. The SMILES string of the molecule is CC1(C)OCCOP1(=O)OCCCl. The van der Waals surface area contributed by atoms with E-state index in [-0.39, 0.29) is 6.61 Å². The molecule has 1 aliphatic heterocycles. The molecule has 6 heteroatoms. The van der Waals surface area contributed by atoms with Crippen LogP contribution < -0.4 is 0 Å². The van der Waals surface area contributed by atoms with Gasteiger partial charge in [0.2, 0.25) is 0 Å². The van der Waals surface area contributed by atoms with Crippen LogP contribution in [-0.4, -0.2) is 31.0 Å². The van der Waals surface area contributed by atoms with Crippen molar-refractivity contribution in [1.29, 1.82) is 0 Å². The van der Waals surface area contributed by atoms with Crippen LogP contribution in [0.25, 0.3) is 0 Å². The van der Waals surface area contributed by atoms with Gasteiger partial charge in [0.15, 0.2) is 5.34 Å². The van der Waals surface area contributed by atoms with Crippen LogP contribution in [0.15, 0.2) is 0 Å². The van der Waals surface area contributed by atoms with Gasteiger partial charge in [0.05, 0.1) is 19.8 Å². The quantitative estimate of drug-likeness (QED) is 0.549. The minimum atomic E-state index is -3.14. The summed E-state index contributed by atoms with van der Waals surface area (Å²) in [6.07, 6.45) is 0. The first kappa shape index (κ1) is 11.5. The topological polar surface area (TPSA) is 44.8 Å². The fraction of sp³-hybridized carbons (Fsp3) is 1.00. The molecule has 0 amide bonds. The smallest absolute Gasteiger partial charge is 0.361 e. The highest BCUT2D eigenvalue weighted by Gasteiger charge is 2.47. The van der Waals surface area contributed by atoms with Crippen LogP contribution in [0, 0.1) is 0 Å². The molecule has 1 unspecified atom stereocenters. The van der Waals surface area contributed by atoms with Crippen molar-refractivity contribution in [2.24, 2.45) is 0 Å². The van der Waals surface area contributed by atoms with Crippen molar-refractivity contribution in [2.45, 2.75) is 19.2 Å². The van der Waals surface area contributed by atoms with Crippen LogP contribution in [0.2, 0.25) is 0 Å². The van der Waals surface area contributed by atoms with Crippen molar-refractivity contribution in [1.82, 2.24) is 0 Å². The maximum Gasteiger partial charge on any atom is 0.361 e. The Labute approximate surface area is 83.0 Å². The summed E-state index contributed by atoms with van der Waals surface area (Å²) in [5.41, 5.74) is 0. The van der Waals surface area contributed by atoms with Crippen molar-refractivity contribution < 1.29 is 18.3 Å². The van der Waals surface area contributed by atoms with E-state index in [1.807, 2.05) is 0 Å². The molecule has 1 fully saturated rings. The third kappa shape index (κ3) is 2.45. The second-order valence-electron chi connectivity index (χ2n) is 3.15. The van der Waals surface area contributed by atoms with E-state index in [0.717, 1.165) is 0 Å². The molecular formula is C7H14ClO4P. The van der Waals surface area contributed by atoms with Crippen molar-refractivity contribution in [3.05, 3.63) is 0 Å². The molecule has 1 atom stereocenters. The number of hydrogen-bond acceptors (Lipinski definition) is 4. The molecule has 1 rings (SSSR count). The monoisotopic (exact) mass is 228 g/mol. The Balaban J connectivity index is 2.67. The Kier molecular flexibility index (Phi) is 3.78. The molecule has 0 aromatic rings. The van der Waals surface area contributed by atoms with Gasteiger partial charge in [-0.2, -0.15) is 0 Å². The van der Waals surface area contributed by atoms with E-state index >= 15 is 0 Å². The van der Waals surface area contributed by atoms with Crippen LogP contribution in [0.5, 0.6) is 0 Å². The summed E-state index contributed by atoms with van der Waals surface area (Å²) in [5.74, 6) is 0.295. The first-order valence-corrected chi connectivity index (χ1v) is 6.19. The second kappa shape index (κ2) is 4.28. The van der Waals surface area contributed by atoms with E-state index < -0.39 is 12.9 Å². The average Bonchev–Trinajstić information content (AvgIpc) is 2.07. The van der Waals surface area contributed by atoms with Gasteiger partial charge >= 0.3 is 7.60 Å². The van der Waals surface area contributed by atoms with E-state index in [0.29, 0.717) is 19.1 Å². The van der Waals surface area contributed by atoms with E-state index in [2.05, 4.69) is 0 Å². The molecule has 0 aliphatic carbocycles. The lowest BCUT2D eigenvalue weighted by Crippen LogP contribution is -2.33. The predicted octanol–water partition coefficient (Wildman–Crippen LogP) is 2.22. The highest BCUT2D eigenvalue weighted by atomic mass is 35.5. The van der Waals surface area contributed by atoms with Crippen LogP contribution >= 0.6 is 19.2 Å². The standard InChI is InChI=1S/C7H14ClO4P/c1-7(2)10-5-6-12-13(7,9)11-4-3-8/h3-6H2,1-2H3. The third-order valence-electron chi connectivity index (χ3n) is 1.80. The van der Waals surface area contributed by atoms with Crippen molar-refractivity contribution in [3.8, 4) is 0 Å². The summed E-state index contributed by atoms with van der Waals surface area (Å²) in [6, 6.07) is 0. The van der Waals surface area contributed by atoms with E-state index in [1.165, 1.54) is 0 Å². The van der Waals surface area contributed by atoms with Crippen LogP contribution in [0.3, 0.4) is 0 Å². The Morgan fingerprint density at radius 3 is 2.77 bits per heavy atom. The van der Waals surface area contributed by atoms with Gasteiger partial charge in [-0.1, -0.05) is 0 Å². The van der Waals surface area contributed by atoms with Crippen molar-refractivity contribution in [3.63, 3.8) is 0 Å². The summed E-state index contributed by atoms with van der Waals surface area (Å²) in [7, 11) is -3.14. The molecule has 1 heterocycles. The Morgan fingerprint density at radius 1 is 1.54 bits per heavy atom. The largest absolute Gasteiger partial charge is 0.361 e. The lowest BCUT2D eigenvalue weighted by Gasteiger charge is -2.36. The molecule has 1 saturated heterocycles. The molecule has 0 N–H and O–H groups in total. The summed E-state index contributed by atoms with van der Waals surface area (Å²) in [5, 5.41) is -0.864. The normalized spacial score (nSPS) is 33.2. The Bertz CT molecular complexity index is 219. The van der Waals surface area contributed by atoms with Crippen LogP contribution in [0.4, 0.5) is 0 Å².